The zero-order valence-electron chi connectivity index (χ0n) is 13.6. The molecule has 0 fully saturated rings. The Morgan fingerprint density at radius 2 is 1.91 bits per heavy atom. The first-order valence-electron chi connectivity index (χ1n) is 8.16. The van der Waals surface area contributed by atoms with Crippen molar-refractivity contribution in [3.8, 4) is 5.75 Å². The van der Waals surface area contributed by atoms with Gasteiger partial charge in [-0.2, -0.15) is 0 Å². The molecule has 4 rings (SSSR count). The van der Waals surface area contributed by atoms with Crippen LogP contribution in [0.4, 0.5) is 0 Å². The molecule has 2 atom stereocenters. The Morgan fingerprint density at radius 1 is 1.09 bits per heavy atom. The number of allylic oxidation sites excluding steroid dienone is 1. The Bertz CT molecular complexity index is 882. The molecular formula is C20H20O3. The summed E-state index contributed by atoms with van der Waals surface area (Å²) in [4.78, 5) is 0. The highest BCUT2D eigenvalue weighted by atomic mass is 17.0. The summed E-state index contributed by atoms with van der Waals surface area (Å²) < 4.78 is 16.3. The first-order chi connectivity index (χ1) is 11.2. The summed E-state index contributed by atoms with van der Waals surface area (Å²) in [5.41, 5.74) is 6.52. The van der Waals surface area contributed by atoms with E-state index in [1.54, 1.807) is 0 Å². The van der Waals surface area contributed by atoms with Gasteiger partial charge in [-0.1, -0.05) is 32.1 Å². The molecule has 3 heteroatoms. The highest BCUT2D eigenvalue weighted by Crippen LogP contribution is 2.48. The predicted octanol–water partition coefficient (Wildman–Crippen LogP) is 5.86. The standard InChI is InChI=1S/C20H20O3/c1-4-6-13-9-14(5-2)20-16(10-13)12(3)19(21-20)15-7-8-17-18(11-15)23-22-17/h4,6-12,19H,5H2,1-3H3/b6-4-. The van der Waals surface area contributed by atoms with Crippen LogP contribution in [0.5, 0.6) is 5.75 Å². The van der Waals surface area contributed by atoms with Gasteiger partial charge in [-0.15, -0.1) is 0 Å². The van der Waals surface area contributed by atoms with Crippen molar-refractivity contribution in [2.45, 2.75) is 39.2 Å². The lowest BCUT2D eigenvalue weighted by Gasteiger charge is -2.16. The number of fused-ring (bicyclic) bond motifs is 2. The van der Waals surface area contributed by atoms with Gasteiger partial charge in [0.15, 0.2) is 0 Å². The molecule has 0 saturated carbocycles. The second kappa shape index (κ2) is 5.34. The number of hydrogen-bond donors (Lipinski definition) is 0. The maximum atomic E-state index is 6.36. The van der Waals surface area contributed by atoms with Crippen molar-refractivity contribution in [3.05, 3.63) is 58.7 Å². The van der Waals surface area contributed by atoms with E-state index < -0.39 is 0 Å². The molecule has 3 aromatic rings. The second-order valence-electron chi connectivity index (χ2n) is 6.15. The van der Waals surface area contributed by atoms with Crippen LogP contribution in [0.1, 0.15) is 55.0 Å². The van der Waals surface area contributed by atoms with E-state index in [1.165, 1.54) is 16.7 Å². The van der Waals surface area contributed by atoms with E-state index in [0.29, 0.717) is 5.92 Å². The second-order valence-corrected chi connectivity index (χ2v) is 6.15. The molecule has 118 valence electrons. The Labute approximate surface area is 135 Å². The van der Waals surface area contributed by atoms with Gasteiger partial charge in [-0.05, 0) is 54.3 Å². The number of aryl methyl sites for hydroxylation is 1. The van der Waals surface area contributed by atoms with Crippen molar-refractivity contribution >= 4 is 17.2 Å². The molecular weight excluding hydrogens is 288 g/mol. The van der Waals surface area contributed by atoms with Crippen LogP contribution in [0.3, 0.4) is 0 Å². The molecule has 1 aliphatic heterocycles. The lowest BCUT2D eigenvalue weighted by Crippen LogP contribution is -2.07. The summed E-state index contributed by atoms with van der Waals surface area (Å²) in [5, 5.41) is 0. The topological polar surface area (TPSA) is 35.5 Å². The van der Waals surface area contributed by atoms with E-state index in [1.807, 2.05) is 19.1 Å². The van der Waals surface area contributed by atoms with Crippen LogP contribution < -0.4 is 4.74 Å². The molecule has 1 aliphatic rings. The quantitative estimate of drug-likeness (QED) is 0.569. The fraction of sp³-hybridized carbons (Fsp3) is 0.300. The van der Waals surface area contributed by atoms with Gasteiger partial charge in [0.25, 0.3) is 0 Å². The molecule has 0 N–H and O–H groups in total. The van der Waals surface area contributed by atoms with E-state index >= 15 is 0 Å². The van der Waals surface area contributed by atoms with Crippen molar-refractivity contribution in [1.82, 2.24) is 0 Å². The third-order valence-electron chi connectivity index (χ3n) is 4.66. The minimum Gasteiger partial charge on any atom is -0.485 e. The number of benzene rings is 2. The maximum absolute atomic E-state index is 6.36. The summed E-state index contributed by atoms with van der Waals surface area (Å²) in [5.74, 6) is 1.36. The first kappa shape index (κ1) is 14.2. The highest BCUT2D eigenvalue weighted by molar-refractivity contribution is 5.71. The van der Waals surface area contributed by atoms with E-state index in [9.17, 15) is 0 Å². The van der Waals surface area contributed by atoms with Gasteiger partial charge in [0.2, 0.25) is 11.2 Å². The largest absolute Gasteiger partial charge is 0.485 e. The molecule has 3 nitrogen and oxygen atoms in total. The molecule has 0 bridgehead atoms. The van der Waals surface area contributed by atoms with Gasteiger partial charge in [-0.3, -0.25) is 9.15 Å². The Balaban J connectivity index is 1.76. The van der Waals surface area contributed by atoms with E-state index in [2.05, 4.69) is 44.2 Å². The lowest BCUT2D eigenvalue weighted by molar-refractivity contribution is 0.0585. The summed E-state index contributed by atoms with van der Waals surface area (Å²) >= 11 is 0. The van der Waals surface area contributed by atoms with Gasteiger partial charge in [0.1, 0.15) is 11.9 Å². The molecule has 23 heavy (non-hydrogen) atoms. The van der Waals surface area contributed by atoms with Crippen LogP contribution in [0.15, 0.2) is 45.6 Å². The average Bonchev–Trinajstić information content (AvgIpc) is 2.86. The predicted molar refractivity (Wildman–Crippen MR) is 90.8 cm³/mol. The summed E-state index contributed by atoms with van der Waals surface area (Å²) in [6, 6.07) is 10.5. The summed E-state index contributed by atoms with van der Waals surface area (Å²) in [6.07, 6.45) is 5.21. The minimum atomic E-state index is 0.0191. The Hall–Kier alpha value is -2.42. The minimum absolute atomic E-state index is 0.0191. The zero-order valence-corrected chi connectivity index (χ0v) is 13.6. The third kappa shape index (κ3) is 2.19. The van der Waals surface area contributed by atoms with Crippen molar-refractivity contribution in [1.29, 1.82) is 0 Å². The van der Waals surface area contributed by atoms with Crippen molar-refractivity contribution in [3.63, 3.8) is 0 Å². The third-order valence-corrected chi connectivity index (χ3v) is 4.66. The van der Waals surface area contributed by atoms with Crippen LogP contribution in [-0.2, 0) is 6.42 Å². The maximum Gasteiger partial charge on any atom is 0.226 e. The SMILES string of the molecule is C/C=C\c1cc(CC)c2c(c1)C(C)C(c1ccc3ooc3c1)O2. The highest BCUT2D eigenvalue weighted by Gasteiger charge is 2.34. The molecule has 2 unspecified atom stereocenters. The van der Waals surface area contributed by atoms with E-state index in [-0.39, 0.29) is 6.10 Å². The molecule has 1 aromatic heterocycles. The van der Waals surface area contributed by atoms with E-state index in [4.69, 9.17) is 13.9 Å². The zero-order chi connectivity index (χ0) is 16.0. The van der Waals surface area contributed by atoms with Crippen molar-refractivity contribution in [2.24, 2.45) is 0 Å². The number of ether oxygens (including phenoxy) is 1. The summed E-state index contributed by atoms with van der Waals surface area (Å²) in [7, 11) is 0. The Morgan fingerprint density at radius 3 is 2.57 bits per heavy atom. The van der Waals surface area contributed by atoms with Gasteiger partial charge in [0, 0.05) is 11.5 Å². The smallest absolute Gasteiger partial charge is 0.226 e. The average molecular weight is 308 g/mol. The van der Waals surface area contributed by atoms with Crippen molar-refractivity contribution < 1.29 is 13.9 Å². The first-order valence-corrected chi connectivity index (χ1v) is 8.16. The molecule has 0 spiro atoms. The van der Waals surface area contributed by atoms with Crippen molar-refractivity contribution in [2.75, 3.05) is 0 Å². The molecule has 0 amide bonds. The van der Waals surface area contributed by atoms with E-state index in [0.717, 1.165) is 28.9 Å². The molecule has 2 heterocycles. The molecule has 0 radical (unpaired) electrons. The van der Waals surface area contributed by atoms with Crippen LogP contribution in [-0.4, -0.2) is 0 Å². The van der Waals surface area contributed by atoms with Crippen LogP contribution >= 0.6 is 0 Å². The fourth-order valence-corrected chi connectivity index (χ4v) is 3.41. The van der Waals surface area contributed by atoms with Crippen LogP contribution in [0.2, 0.25) is 0 Å². The summed E-state index contributed by atoms with van der Waals surface area (Å²) in [6.45, 7) is 6.45. The molecule has 2 aromatic carbocycles. The number of rotatable bonds is 3. The van der Waals surface area contributed by atoms with Gasteiger partial charge in [-0.25, -0.2) is 0 Å². The van der Waals surface area contributed by atoms with Gasteiger partial charge >= 0.3 is 0 Å². The van der Waals surface area contributed by atoms with Crippen LogP contribution in [0, 0.1) is 0 Å². The number of hydrogen-bond acceptors (Lipinski definition) is 3. The fourth-order valence-electron chi connectivity index (χ4n) is 3.41. The molecule has 0 saturated heterocycles. The van der Waals surface area contributed by atoms with Gasteiger partial charge in [0.05, 0.1) is 0 Å². The normalized spacial score (nSPS) is 20.3. The molecule has 0 aliphatic carbocycles. The lowest BCUT2D eigenvalue weighted by atomic mass is 9.90. The Kier molecular flexibility index (Phi) is 3.29. The monoisotopic (exact) mass is 308 g/mol. The van der Waals surface area contributed by atoms with Crippen LogP contribution in [0.25, 0.3) is 17.2 Å². The van der Waals surface area contributed by atoms with Gasteiger partial charge < -0.3 is 4.74 Å².